The zero-order chi connectivity index (χ0) is 15.5. The predicted octanol–water partition coefficient (Wildman–Crippen LogP) is 2.95. The molecule has 0 saturated heterocycles. The second kappa shape index (κ2) is 6.02. The Morgan fingerprint density at radius 2 is 1.82 bits per heavy atom. The number of hydrogen-bond acceptors (Lipinski definition) is 3. The van der Waals surface area contributed by atoms with Gasteiger partial charge in [-0.3, -0.25) is 4.79 Å². The van der Waals surface area contributed by atoms with Crippen LogP contribution in [-0.2, 0) is 16.1 Å². The third-order valence-corrected chi connectivity index (χ3v) is 3.79. The highest BCUT2D eigenvalue weighted by Gasteiger charge is 2.37. The fraction of sp³-hybridized carbons (Fsp3) is 0.222. The summed E-state index contributed by atoms with van der Waals surface area (Å²) in [5.41, 5.74) is 2.37. The predicted molar refractivity (Wildman–Crippen MR) is 82.1 cm³/mol. The summed E-state index contributed by atoms with van der Waals surface area (Å²) in [6, 6.07) is 16.0. The first-order valence-corrected chi connectivity index (χ1v) is 7.33. The van der Waals surface area contributed by atoms with Crippen molar-refractivity contribution >= 4 is 11.9 Å². The number of ether oxygens (including phenoxy) is 1. The summed E-state index contributed by atoms with van der Waals surface area (Å²) in [6.45, 7) is 2.48. The lowest BCUT2D eigenvalue weighted by Gasteiger charge is -2.26. The van der Waals surface area contributed by atoms with Crippen molar-refractivity contribution in [1.82, 2.24) is 4.90 Å². The molecule has 3 rings (SSSR count). The van der Waals surface area contributed by atoms with Gasteiger partial charge in [0.1, 0.15) is 0 Å². The Morgan fingerprint density at radius 3 is 2.50 bits per heavy atom. The van der Waals surface area contributed by atoms with E-state index in [1.807, 2.05) is 48.5 Å². The Labute approximate surface area is 129 Å². The van der Waals surface area contributed by atoms with E-state index in [1.54, 1.807) is 17.9 Å². The van der Waals surface area contributed by atoms with Crippen LogP contribution in [0.5, 0.6) is 0 Å². The molecule has 0 saturated carbocycles. The van der Waals surface area contributed by atoms with Gasteiger partial charge in [0, 0.05) is 12.1 Å². The van der Waals surface area contributed by atoms with Gasteiger partial charge in [-0.25, -0.2) is 4.79 Å². The van der Waals surface area contributed by atoms with Gasteiger partial charge in [-0.1, -0.05) is 48.5 Å². The lowest BCUT2D eigenvalue weighted by atomic mass is 10.1. The molecule has 1 aliphatic heterocycles. The number of carbonyl (C=O) groups is 2. The van der Waals surface area contributed by atoms with Crippen molar-refractivity contribution in [3.63, 3.8) is 0 Å². The van der Waals surface area contributed by atoms with Crippen LogP contribution in [0.15, 0.2) is 54.6 Å². The Morgan fingerprint density at radius 1 is 1.14 bits per heavy atom. The van der Waals surface area contributed by atoms with Crippen molar-refractivity contribution in [3.05, 3.63) is 71.3 Å². The number of rotatable bonds is 4. The van der Waals surface area contributed by atoms with E-state index in [2.05, 4.69) is 0 Å². The first-order chi connectivity index (χ1) is 10.7. The molecule has 0 radical (unpaired) electrons. The van der Waals surface area contributed by atoms with Crippen molar-refractivity contribution in [2.24, 2.45) is 0 Å². The molecule has 1 atom stereocenters. The maximum absolute atomic E-state index is 12.6. The van der Waals surface area contributed by atoms with Crippen LogP contribution in [0.1, 0.15) is 34.5 Å². The Kier molecular flexibility index (Phi) is 3.92. The topological polar surface area (TPSA) is 46.6 Å². The maximum atomic E-state index is 12.6. The number of fused-ring (bicyclic) bond motifs is 1. The van der Waals surface area contributed by atoms with E-state index in [9.17, 15) is 9.59 Å². The van der Waals surface area contributed by atoms with Crippen LogP contribution in [-0.4, -0.2) is 23.4 Å². The van der Waals surface area contributed by atoms with Crippen LogP contribution in [0, 0.1) is 0 Å². The summed E-state index contributed by atoms with van der Waals surface area (Å²) in [5, 5.41) is 0. The standard InChI is InChI=1S/C18H17NO3/c1-2-22-18(21)16(13-8-4-3-5-9-13)19-12-14-10-6-7-11-15(14)17(19)20/h3-11,16H,2,12H2,1H3. The molecule has 112 valence electrons. The molecule has 0 fully saturated rings. The molecule has 0 aliphatic carbocycles. The van der Waals surface area contributed by atoms with E-state index in [4.69, 9.17) is 4.74 Å². The SMILES string of the molecule is CCOC(=O)C(c1ccccc1)N1Cc2ccccc2C1=O. The molecular weight excluding hydrogens is 278 g/mol. The largest absolute Gasteiger partial charge is 0.464 e. The monoisotopic (exact) mass is 295 g/mol. The summed E-state index contributed by atoms with van der Waals surface area (Å²) in [6.07, 6.45) is 0. The lowest BCUT2D eigenvalue weighted by molar-refractivity contribution is -0.149. The Balaban J connectivity index is 1.98. The molecule has 4 nitrogen and oxygen atoms in total. The van der Waals surface area contributed by atoms with Gasteiger partial charge in [-0.15, -0.1) is 0 Å². The summed E-state index contributed by atoms with van der Waals surface area (Å²) >= 11 is 0. The highest BCUT2D eigenvalue weighted by molar-refractivity contribution is 6.00. The minimum absolute atomic E-state index is 0.127. The number of hydrogen-bond donors (Lipinski definition) is 0. The average molecular weight is 295 g/mol. The maximum Gasteiger partial charge on any atom is 0.333 e. The normalized spacial score (nSPS) is 14.6. The minimum Gasteiger partial charge on any atom is -0.464 e. The summed E-state index contributed by atoms with van der Waals surface area (Å²) in [5.74, 6) is -0.521. The first kappa shape index (κ1) is 14.3. The second-order valence-corrected chi connectivity index (χ2v) is 5.16. The average Bonchev–Trinajstić information content (AvgIpc) is 2.86. The second-order valence-electron chi connectivity index (χ2n) is 5.16. The molecule has 0 N–H and O–H groups in total. The summed E-state index contributed by atoms with van der Waals surface area (Å²) in [4.78, 5) is 26.6. The van der Waals surface area contributed by atoms with Crippen molar-refractivity contribution < 1.29 is 14.3 Å². The number of carbonyl (C=O) groups excluding carboxylic acids is 2. The van der Waals surface area contributed by atoms with E-state index in [-0.39, 0.29) is 12.5 Å². The fourth-order valence-electron chi connectivity index (χ4n) is 2.79. The van der Waals surface area contributed by atoms with Gasteiger partial charge < -0.3 is 9.64 Å². The lowest BCUT2D eigenvalue weighted by Crippen LogP contribution is -2.35. The van der Waals surface area contributed by atoms with E-state index in [1.165, 1.54) is 0 Å². The minimum atomic E-state index is -0.707. The quantitative estimate of drug-likeness (QED) is 0.815. The molecule has 1 amide bonds. The molecule has 0 bridgehead atoms. The van der Waals surface area contributed by atoms with Crippen molar-refractivity contribution in [2.75, 3.05) is 6.61 Å². The molecule has 2 aromatic rings. The number of amides is 1. The van der Waals surface area contributed by atoms with E-state index in [0.717, 1.165) is 11.1 Å². The van der Waals surface area contributed by atoms with E-state index in [0.29, 0.717) is 12.1 Å². The van der Waals surface area contributed by atoms with E-state index < -0.39 is 12.0 Å². The van der Waals surface area contributed by atoms with Crippen LogP contribution in [0.3, 0.4) is 0 Å². The zero-order valence-electron chi connectivity index (χ0n) is 12.4. The first-order valence-electron chi connectivity index (χ1n) is 7.33. The van der Waals surface area contributed by atoms with Gasteiger partial charge >= 0.3 is 5.97 Å². The molecule has 22 heavy (non-hydrogen) atoms. The fourth-order valence-corrected chi connectivity index (χ4v) is 2.79. The van der Waals surface area contributed by atoms with Crippen molar-refractivity contribution in [2.45, 2.75) is 19.5 Å². The van der Waals surface area contributed by atoms with Gasteiger partial charge in [0.25, 0.3) is 5.91 Å². The molecule has 2 aromatic carbocycles. The smallest absolute Gasteiger partial charge is 0.333 e. The summed E-state index contributed by atoms with van der Waals surface area (Å²) in [7, 11) is 0. The number of benzene rings is 2. The molecule has 1 aliphatic rings. The molecule has 1 heterocycles. The highest BCUT2D eigenvalue weighted by atomic mass is 16.5. The number of esters is 1. The zero-order valence-corrected chi connectivity index (χ0v) is 12.4. The van der Waals surface area contributed by atoms with Gasteiger partial charge in [-0.05, 0) is 24.1 Å². The molecule has 4 heteroatoms. The van der Waals surface area contributed by atoms with Crippen LogP contribution in [0.2, 0.25) is 0 Å². The van der Waals surface area contributed by atoms with Crippen molar-refractivity contribution in [3.8, 4) is 0 Å². The third-order valence-electron chi connectivity index (χ3n) is 3.79. The van der Waals surface area contributed by atoms with Crippen LogP contribution < -0.4 is 0 Å². The van der Waals surface area contributed by atoms with Gasteiger partial charge in [0.2, 0.25) is 0 Å². The summed E-state index contributed by atoms with van der Waals surface area (Å²) < 4.78 is 5.19. The van der Waals surface area contributed by atoms with E-state index >= 15 is 0 Å². The molecule has 0 aromatic heterocycles. The van der Waals surface area contributed by atoms with Gasteiger partial charge in [-0.2, -0.15) is 0 Å². The van der Waals surface area contributed by atoms with Gasteiger partial charge in [0.15, 0.2) is 6.04 Å². The highest BCUT2D eigenvalue weighted by Crippen LogP contribution is 2.32. The van der Waals surface area contributed by atoms with Crippen LogP contribution >= 0.6 is 0 Å². The molecule has 0 spiro atoms. The van der Waals surface area contributed by atoms with Gasteiger partial charge in [0.05, 0.1) is 6.61 Å². The van der Waals surface area contributed by atoms with Crippen molar-refractivity contribution in [1.29, 1.82) is 0 Å². The Bertz CT molecular complexity index is 696. The van der Waals surface area contributed by atoms with Crippen LogP contribution in [0.25, 0.3) is 0 Å². The number of nitrogens with zero attached hydrogens (tertiary/aromatic N) is 1. The third kappa shape index (κ3) is 2.48. The van der Waals surface area contributed by atoms with Crippen LogP contribution in [0.4, 0.5) is 0 Å². The molecular formula is C18H17NO3. The Hall–Kier alpha value is -2.62. The molecule has 1 unspecified atom stereocenters.